The van der Waals surface area contributed by atoms with Crippen LogP contribution < -0.4 is 0 Å². The van der Waals surface area contributed by atoms with Crippen LogP contribution in [0.1, 0.15) is 26.7 Å². The highest BCUT2D eigenvalue weighted by Gasteiger charge is 2.29. The summed E-state index contributed by atoms with van der Waals surface area (Å²) in [4.78, 5) is 12.5. The van der Waals surface area contributed by atoms with Gasteiger partial charge in [0.05, 0.1) is 7.11 Å². The van der Waals surface area contributed by atoms with E-state index in [1.807, 2.05) is 0 Å². The maximum Gasteiger partial charge on any atom is 0.750 e. The summed E-state index contributed by atoms with van der Waals surface area (Å²) in [5, 5.41) is 0. The van der Waals surface area contributed by atoms with Crippen LogP contribution in [-0.4, -0.2) is 32.0 Å². The van der Waals surface area contributed by atoms with Crippen LogP contribution in [-0.2, 0) is 18.4 Å². The predicted octanol–water partition coefficient (Wildman–Crippen LogP) is 3.85. The molecule has 0 radical (unpaired) electrons. The van der Waals surface area contributed by atoms with Crippen LogP contribution in [0.15, 0.2) is 10.3 Å². The number of nitrogens with zero attached hydrogens (tertiary/aromatic N) is 1. The standard InChI is InChI=1S/C6H9Cl2NO4P.C4H10/c1-9(2)6(10)4(5(7)8)13-14(11)12-3;1-3-4-2/h1-3H3;3-4H2,1-2H3/q+1;. The molecule has 0 aromatic rings. The average Bonchev–Trinajstić information content (AvgIpc) is 2.34. The number of hydrogen-bond acceptors (Lipinski definition) is 4. The van der Waals surface area contributed by atoms with Crippen molar-refractivity contribution in [3.63, 3.8) is 0 Å². The van der Waals surface area contributed by atoms with Crippen molar-refractivity contribution in [2.24, 2.45) is 0 Å². The molecule has 0 rings (SSSR count). The van der Waals surface area contributed by atoms with Crippen molar-refractivity contribution in [3.8, 4) is 0 Å². The summed E-state index contributed by atoms with van der Waals surface area (Å²) in [5.41, 5.74) is 0. The van der Waals surface area contributed by atoms with Crippen molar-refractivity contribution in [2.75, 3.05) is 21.2 Å². The van der Waals surface area contributed by atoms with Crippen molar-refractivity contribution in [1.29, 1.82) is 0 Å². The topological polar surface area (TPSA) is 55.8 Å². The lowest BCUT2D eigenvalue weighted by molar-refractivity contribution is -0.127. The second kappa shape index (κ2) is 11.7. The molecule has 18 heavy (non-hydrogen) atoms. The molecule has 1 unspecified atom stereocenters. The molecule has 5 nitrogen and oxygen atoms in total. The molecule has 0 aromatic carbocycles. The summed E-state index contributed by atoms with van der Waals surface area (Å²) in [6.45, 7) is 4.36. The fourth-order valence-corrected chi connectivity index (χ4v) is 1.21. The highest BCUT2D eigenvalue weighted by atomic mass is 35.5. The first-order valence-corrected chi connectivity index (χ1v) is 7.13. The van der Waals surface area contributed by atoms with Gasteiger partial charge in [-0.3, -0.25) is 4.79 Å². The van der Waals surface area contributed by atoms with Gasteiger partial charge in [0.15, 0.2) is 4.49 Å². The van der Waals surface area contributed by atoms with Gasteiger partial charge in [0.2, 0.25) is 0 Å². The molecule has 1 atom stereocenters. The Kier molecular flexibility index (Phi) is 13.0. The Hall–Kier alpha value is -0.350. The van der Waals surface area contributed by atoms with Gasteiger partial charge in [0.1, 0.15) is 0 Å². The maximum absolute atomic E-state index is 11.3. The molecule has 0 bridgehead atoms. The molecule has 0 aliphatic heterocycles. The van der Waals surface area contributed by atoms with Crippen LogP contribution in [0.25, 0.3) is 0 Å². The molecule has 106 valence electrons. The Morgan fingerprint density at radius 1 is 1.22 bits per heavy atom. The Morgan fingerprint density at radius 2 is 1.67 bits per heavy atom. The third kappa shape index (κ3) is 9.66. The van der Waals surface area contributed by atoms with Crippen LogP contribution in [0.4, 0.5) is 0 Å². The first-order valence-electron chi connectivity index (χ1n) is 5.27. The number of halogens is 2. The van der Waals surface area contributed by atoms with E-state index in [4.69, 9.17) is 23.2 Å². The summed E-state index contributed by atoms with van der Waals surface area (Å²) >= 11 is 10.7. The number of likely N-dealkylation sites (N-methyl/N-ethyl adjacent to an activating group) is 1. The first kappa shape index (κ1) is 20.0. The summed E-state index contributed by atoms with van der Waals surface area (Å²) < 4.78 is 19.4. The Labute approximate surface area is 119 Å². The largest absolute Gasteiger partial charge is 0.750 e. The summed E-state index contributed by atoms with van der Waals surface area (Å²) in [6, 6.07) is 0. The lowest BCUT2D eigenvalue weighted by Gasteiger charge is -2.08. The van der Waals surface area contributed by atoms with E-state index >= 15 is 0 Å². The van der Waals surface area contributed by atoms with Gasteiger partial charge >= 0.3 is 8.25 Å². The van der Waals surface area contributed by atoms with Crippen molar-refractivity contribution in [3.05, 3.63) is 10.3 Å². The maximum atomic E-state index is 11.3. The fourth-order valence-electron chi connectivity index (χ4n) is 0.469. The molecule has 0 aliphatic carbocycles. The minimum Gasteiger partial charge on any atom is -0.342 e. The van der Waals surface area contributed by atoms with Gasteiger partial charge in [-0.1, -0.05) is 49.9 Å². The SMILES string of the molecule is CCCC.CO[P+](=O)OC(C(=O)N(C)C)=C(Cl)Cl. The number of unbranched alkanes of at least 4 members (excludes halogenated alkanes) is 1. The Balaban J connectivity index is 0. The molecular weight excluding hydrogens is 300 g/mol. The molecule has 0 saturated carbocycles. The Morgan fingerprint density at radius 3 is 1.89 bits per heavy atom. The van der Waals surface area contributed by atoms with Gasteiger partial charge in [0.25, 0.3) is 11.7 Å². The first-order chi connectivity index (χ1) is 8.31. The van der Waals surface area contributed by atoms with Crippen molar-refractivity contribution in [2.45, 2.75) is 26.7 Å². The van der Waals surface area contributed by atoms with E-state index < -0.39 is 24.4 Å². The average molecular weight is 319 g/mol. The highest BCUT2D eigenvalue weighted by Crippen LogP contribution is 2.30. The van der Waals surface area contributed by atoms with Gasteiger partial charge in [-0.05, 0) is 0 Å². The number of rotatable bonds is 5. The molecule has 0 spiro atoms. The molecule has 0 fully saturated rings. The molecule has 8 heteroatoms. The molecule has 0 heterocycles. The van der Waals surface area contributed by atoms with Crippen molar-refractivity contribution < 1.29 is 18.4 Å². The van der Waals surface area contributed by atoms with Gasteiger partial charge in [0, 0.05) is 18.7 Å². The lowest BCUT2D eigenvalue weighted by Crippen LogP contribution is -2.24. The van der Waals surface area contributed by atoms with Gasteiger partial charge in [-0.25, -0.2) is 4.52 Å². The van der Waals surface area contributed by atoms with Crippen molar-refractivity contribution in [1.82, 2.24) is 4.90 Å². The normalized spacial score (nSPS) is 9.83. The molecule has 0 saturated heterocycles. The number of carbonyl (C=O) groups excluding carboxylic acids is 1. The van der Waals surface area contributed by atoms with Crippen LogP contribution in [0.2, 0.25) is 0 Å². The predicted molar refractivity (Wildman–Crippen MR) is 73.7 cm³/mol. The van der Waals surface area contributed by atoms with Gasteiger partial charge in [-0.2, -0.15) is 0 Å². The third-order valence-electron chi connectivity index (χ3n) is 1.59. The molecular formula is C10H19Cl2NO4P+. The monoisotopic (exact) mass is 318 g/mol. The van der Waals surface area contributed by atoms with Crippen LogP contribution in [0.5, 0.6) is 0 Å². The van der Waals surface area contributed by atoms with E-state index in [9.17, 15) is 9.36 Å². The van der Waals surface area contributed by atoms with E-state index in [2.05, 4.69) is 22.9 Å². The summed E-state index contributed by atoms with van der Waals surface area (Å²) in [6.07, 6.45) is 2.64. The number of amides is 1. The van der Waals surface area contributed by atoms with E-state index in [-0.39, 0.29) is 0 Å². The molecule has 0 N–H and O–H groups in total. The number of carbonyl (C=O) groups is 1. The zero-order valence-electron chi connectivity index (χ0n) is 11.2. The minimum absolute atomic E-state index is 0.399. The second-order valence-corrected chi connectivity index (χ2v) is 5.23. The van der Waals surface area contributed by atoms with Gasteiger partial charge in [-0.15, -0.1) is 4.52 Å². The van der Waals surface area contributed by atoms with Crippen LogP contribution in [0.3, 0.4) is 0 Å². The molecule has 0 aliphatic rings. The molecule has 0 aromatic heterocycles. The highest BCUT2D eigenvalue weighted by molar-refractivity contribution is 7.33. The van der Waals surface area contributed by atoms with E-state index in [0.29, 0.717) is 0 Å². The van der Waals surface area contributed by atoms with Crippen LogP contribution in [0, 0.1) is 0 Å². The zero-order chi connectivity index (χ0) is 14.7. The van der Waals surface area contributed by atoms with Crippen LogP contribution >= 0.6 is 31.5 Å². The van der Waals surface area contributed by atoms with Gasteiger partial charge < -0.3 is 4.90 Å². The smallest absolute Gasteiger partial charge is 0.342 e. The quantitative estimate of drug-likeness (QED) is 0.439. The van der Waals surface area contributed by atoms with Crippen molar-refractivity contribution >= 4 is 37.4 Å². The number of hydrogen-bond donors (Lipinski definition) is 0. The van der Waals surface area contributed by atoms with E-state index in [0.717, 1.165) is 0 Å². The lowest BCUT2D eigenvalue weighted by atomic mass is 10.4. The fraction of sp³-hybridized carbons (Fsp3) is 0.700. The zero-order valence-corrected chi connectivity index (χ0v) is 13.6. The third-order valence-corrected chi connectivity index (χ3v) is 2.56. The summed E-state index contributed by atoms with van der Waals surface area (Å²) in [7, 11) is 1.68. The van der Waals surface area contributed by atoms with E-state index in [1.165, 1.54) is 38.9 Å². The van der Waals surface area contributed by atoms with E-state index in [1.54, 1.807) is 0 Å². The summed E-state index contributed by atoms with van der Waals surface area (Å²) in [5.74, 6) is -0.994. The Bertz CT molecular complexity index is 302. The minimum atomic E-state index is -2.43. The molecule has 1 amide bonds. The second-order valence-electron chi connectivity index (χ2n) is 3.29.